The van der Waals surface area contributed by atoms with Gasteiger partial charge in [0, 0.05) is 6.07 Å². The zero-order valence-electron chi connectivity index (χ0n) is 10.4. The van der Waals surface area contributed by atoms with E-state index in [1.54, 1.807) is 13.8 Å². The summed E-state index contributed by atoms with van der Waals surface area (Å²) in [5.74, 6) is -0.364. The lowest BCUT2D eigenvalue weighted by atomic mass is 10.1. The molecule has 0 bridgehead atoms. The van der Waals surface area contributed by atoms with Gasteiger partial charge < -0.3 is 10.5 Å². The Bertz CT molecular complexity index is 679. The summed E-state index contributed by atoms with van der Waals surface area (Å²) >= 11 is 0. The van der Waals surface area contributed by atoms with Crippen LogP contribution in [-0.2, 0) is 0 Å². The van der Waals surface area contributed by atoms with Crippen molar-refractivity contribution in [1.29, 1.82) is 5.26 Å². The van der Waals surface area contributed by atoms with Crippen molar-refractivity contribution in [3.63, 3.8) is 0 Å². The van der Waals surface area contributed by atoms with Gasteiger partial charge in [0.2, 0.25) is 0 Å². The third-order valence-electron chi connectivity index (χ3n) is 2.72. The van der Waals surface area contributed by atoms with Gasteiger partial charge in [0.15, 0.2) is 5.75 Å². The van der Waals surface area contributed by atoms with E-state index in [-0.39, 0.29) is 22.9 Å². The highest BCUT2D eigenvalue weighted by molar-refractivity contribution is 5.55. The van der Waals surface area contributed by atoms with Gasteiger partial charge in [-0.1, -0.05) is 0 Å². The van der Waals surface area contributed by atoms with Crippen LogP contribution in [0.3, 0.4) is 0 Å². The second-order valence-corrected chi connectivity index (χ2v) is 3.99. The molecule has 0 amide bonds. The smallest absolute Gasteiger partial charge is 0.257 e. The number of ether oxygens (including phenoxy) is 1. The van der Waals surface area contributed by atoms with Crippen LogP contribution in [0.25, 0.3) is 0 Å². The Morgan fingerprint density at radius 3 is 2.74 bits per heavy atom. The molecule has 1 aromatic heterocycles. The van der Waals surface area contributed by atoms with Crippen molar-refractivity contribution in [2.75, 3.05) is 5.73 Å². The highest BCUT2D eigenvalue weighted by Crippen LogP contribution is 2.29. The van der Waals surface area contributed by atoms with Gasteiger partial charge >= 0.3 is 0 Å². The lowest BCUT2D eigenvalue weighted by Gasteiger charge is -2.10. The first-order chi connectivity index (χ1) is 9.02. The molecule has 2 N–H and O–H groups in total. The molecule has 2 aromatic rings. The number of anilines is 1. The molecule has 2 rings (SSSR count). The Morgan fingerprint density at radius 2 is 2.05 bits per heavy atom. The van der Waals surface area contributed by atoms with E-state index < -0.39 is 5.82 Å². The molecule has 0 aliphatic carbocycles. The minimum absolute atomic E-state index is 0.0166. The fourth-order valence-corrected chi connectivity index (χ4v) is 1.49. The van der Waals surface area contributed by atoms with Gasteiger partial charge in [-0.25, -0.2) is 4.39 Å². The zero-order valence-corrected chi connectivity index (χ0v) is 10.4. The summed E-state index contributed by atoms with van der Waals surface area (Å²) in [5.41, 5.74) is 7.49. The Kier molecular flexibility index (Phi) is 3.29. The molecule has 0 atom stereocenters. The molecule has 0 unspecified atom stereocenters. The van der Waals surface area contributed by atoms with Crippen LogP contribution >= 0.6 is 0 Å². The predicted molar refractivity (Wildman–Crippen MR) is 67.1 cm³/mol. The summed E-state index contributed by atoms with van der Waals surface area (Å²) in [7, 11) is 0. The third-order valence-corrected chi connectivity index (χ3v) is 2.72. The quantitative estimate of drug-likeness (QED) is 0.836. The molecule has 1 heterocycles. The standard InChI is InChI=1S/C13H11FN4O/c1-7-8(2)17-18-13(10(7)6-15)19-12-5-9(14)3-4-11(12)16/h3-5H,16H2,1-2H3. The normalized spacial score (nSPS) is 10.0. The fourth-order valence-electron chi connectivity index (χ4n) is 1.49. The van der Waals surface area contributed by atoms with Crippen molar-refractivity contribution in [3.8, 4) is 17.7 Å². The molecule has 19 heavy (non-hydrogen) atoms. The molecular formula is C13H11FN4O. The maximum absolute atomic E-state index is 13.1. The topological polar surface area (TPSA) is 84.8 Å². The number of benzene rings is 1. The predicted octanol–water partition coefficient (Wildman–Crippen LogP) is 2.48. The van der Waals surface area contributed by atoms with Gasteiger partial charge in [-0.3, -0.25) is 0 Å². The van der Waals surface area contributed by atoms with E-state index in [4.69, 9.17) is 15.7 Å². The van der Waals surface area contributed by atoms with E-state index in [1.165, 1.54) is 12.1 Å². The molecule has 6 heteroatoms. The maximum Gasteiger partial charge on any atom is 0.257 e. The molecule has 1 aromatic carbocycles. The Labute approximate surface area is 109 Å². The van der Waals surface area contributed by atoms with E-state index >= 15 is 0 Å². The van der Waals surface area contributed by atoms with Crippen LogP contribution in [0, 0.1) is 31.0 Å². The molecule has 0 saturated carbocycles. The number of aryl methyl sites for hydroxylation is 1. The summed E-state index contributed by atoms with van der Waals surface area (Å²) in [6.07, 6.45) is 0. The summed E-state index contributed by atoms with van der Waals surface area (Å²) in [6.45, 7) is 3.48. The minimum Gasteiger partial charge on any atom is -0.434 e. The third kappa shape index (κ3) is 2.45. The number of hydrogen-bond acceptors (Lipinski definition) is 5. The van der Waals surface area contributed by atoms with Crippen LogP contribution < -0.4 is 10.5 Å². The number of aromatic nitrogens is 2. The monoisotopic (exact) mass is 258 g/mol. The lowest BCUT2D eigenvalue weighted by Crippen LogP contribution is -2.02. The van der Waals surface area contributed by atoms with Gasteiger partial charge in [0.05, 0.1) is 11.4 Å². The van der Waals surface area contributed by atoms with Crippen LogP contribution in [0.4, 0.5) is 10.1 Å². The molecule has 5 nitrogen and oxygen atoms in total. The van der Waals surface area contributed by atoms with Crippen molar-refractivity contribution < 1.29 is 9.13 Å². The van der Waals surface area contributed by atoms with Crippen LogP contribution in [0.5, 0.6) is 11.6 Å². The van der Waals surface area contributed by atoms with E-state index in [0.717, 1.165) is 6.07 Å². The molecule has 0 fully saturated rings. The molecule has 0 aliphatic heterocycles. The second kappa shape index (κ2) is 4.90. The molecule has 0 aliphatic rings. The number of rotatable bonds is 2. The van der Waals surface area contributed by atoms with Crippen LogP contribution in [0.1, 0.15) is 16.8 Å². The summed E-state index contributed by atoms with van der Waals surface area (Å²) in [6, 6.07) is 5.73. The van der Waals surface area contributed by atoms with E-state index in [2.05, 4.69) is 10.2 Å². The molecular weight excluding hydrogens is 247 g/mol. The van der Waals surface area contributed by atoms with Crippen molar-refractivity contribution in [2.24, 2.45) is 0 Å². The van der Waals surface area contributed by atoms with Gasteiger partial charge in [-0.2, -0.15) is 10.4 Å². The van der Waals surface area contributed by atoms with Gasteiger partial charge in [-0.05, 0) is 31.5 Å². The molecule has 0 saturated heterocycles. The first kappa shape index (κ1) is 12.8. The van der Waals surface area contributed by atoms with Gasteiger partial charge in [0.1, 0.15) is 17.4 Å². The second-order valence-electron chi connectivity index (χ2n) is 3.99. The number of nitrogen functional groups attached to an aromatic ring is 1. The number of nitriles is 1. The Hall–Kier alpha value is -2.68. The van der Waals surface area contributed by atoms with Crippen molar-refractivity contribution >= 4 is 5.69 Å². The van der Waals surface area contributed by atoms with Crippen molar-refractivity contribution in [3.05, 3.63) is 40.8 Å². The first-order valence-corrected chi connectivity index (χ1v) is 5.49. The van der Waals surface area contributed by atoms with Crippen LogP contribution in [0.15, 0.2) is 18.2 Å². The Morgan fingerprint density at radius 1 is 1.32 bits per heavy atom. The minimum atomic E-state index is -0.487. The summed E-state index contributed by atoms with van der Waals surface area (Å²) in [4.78, 5) is 0. The maximum atomic E-state index is 13.1. The molecule has 96 valence electrons. The van der Waals surface area contributed by atoms with Crippen LogP contribution in [0.2, 0.25) is 0 Å². The zero-order chi connectivity index (χ0) is 14.0. The van der Waals surface area contributed by atoms with Gasteiger partial charge in [0.25, 0.3) is 5.88 Å². The van der Waals surface area contributed by atoms with Crippen molar-refractivity contribution in [2.45, 2.75) is 13.8 Å². The van der Waals surface area contributed by atoms with E-state index in [1.807, 2.05) is 6.07 Å². The van der Waals surface area contributed by atoms with Crippen LogP contribution in [-0.4, -0.2) is 10.2 Å². The average molecular weight is 258 g/mol. The highest BCUT2D eigenvalue weighted by atomic mass is 19.1. The molecule has 0 spiro atoms. The average Bonchev–Trinajstić information content (AvgIpc) is 2.38. The first-order valence-electron chi connectivity index (χ1n) is 5.49. The molecule has 0 radical (unpaired) electrons. The SMILES string of the molecule is Cc1nnc(Oc2cc(F)ccc2N)c(C#N)c1C. The largest absolute Gasteiger partial charge is 0.434 e. The summed E-state index contributed by atoms with van der Waals surface area (Å²) in [5, 5.41) is 16.8. The lowest BCUT2D eigenvalue weighted by molar-refractivity contribution is 0.449. The number of halogens is 1. The number of nitrogens with zero attached hydrogens (tertiary/aromatic N) is 3. The van der Waals surface area contributed by atoms with E-state index in [0.29, 0.717) is 11.3 Å². The highest BCUT2D eigenvalue weighted by Gasteiger charge is 2.14. The number of hydrogen-bond donors (Lipinski definition) is 1. The van der Waals surface area contributed by atoms with E-state index in [9.17, 15) is 4.39 Å². The Balaban J connectivity index is 2.47. The number of nitrogens with two attached hydrogens (primary N) is 1. The van der Waals surface area contributed by atoms with Crippen molar-refractivity contribution in [1.82, 2.24) is 10.2 Å². The fraction of sp³-hybridized carbons (Fsp3) is 0.154. The summed E-state index contributed by atoms with van der Waals surface area (Å²) < 4.78 is 18.5. The van der Waals surface area contributed by atoms with Gasteiger partial charge in [-0.15, -0.1) is 5.10 Å².